The summed E-state index contributed by atoms with van der Waals surface area (Å²) in [6.07, 6.45) is 6.14. The van der Waals surface area contributed by atoms with E-state index >= 15 is 0 Å². The van der Waals surface area contributed by atoms with Crippen LogP contribution in [0.4, 0.5) is 5.95 Å². The highest BCUT2D eigenvalue weighted by molar-refractivity contribution is 5.80. The summed E-state index contributed by atoms with van der Waals surface area (Å²) in [6.45, 7) is 0.278. The van der Waals surface area contributed by atoms with Crippen molar-refractivity contribution in [1.82, 2.24) is 24.8 Å². The SMILES string of the molecule is CN(C)c1ncc2c(n1)CCC(NC(=O)Cn1cnc3ccccc31)C2. The molecule has 0 aliphatic heterocycles. The number of aromatic nitrogens is 4. The topological polar surface area (TPSA) is 75.9 Å². The van der Waals surface area contributed by atoms with Crippen molar-refractivity contribution in [2.75, 3.05) is 19.0 Å². The zero-order valence-electron chi connectivity index (χ0n) is 15.0. The first-order chi connectivity index (χ1) is 12.6. The van der Waals surface area contributed by atoms with Crippen LogP contribution < -0.4 is 10.2 Å². The van der Waals surface area contributed by atoms with Crippen LogP contribution in [0.5, 0.6) is 0 Å². The van der Waals surface area contributed by atoms with Gasteiger partial charge in [-0.05, 0) is 37.0 Å². The molecular formula is C19H22N6O. The molecule has 1 unspecified atom stereocenters. The molecule has 2 heterocycles. The molecule has 0 bridgehead atoms. The number of para-hydroxylation sites is 2. The number of nitrogens with zero attached hydrogens (tertiary/aromatic N) is 5. The summed E-state index contributed by atoms with van der Waals surface area (Å²) in [5.74, 6) is 0.741. The number of nitrogens with one attached hydrogen (secondary N) is 1. The van der Waals surface area contributed by atoms with Crippen molar-refractivity contribution in [1.29, 1.82) is 0 Å². The van der Waals surface area contributed by atoms with E-state index in [-0.39, 0.29) is 18.5 Å². The van der Waals surface area contributed by atoms with E-state index < -0.39 is 0 Å². The number of carbonyl (C=O) groups is 1. The van der Waals surface area contributed by atoms with Gasteiger partial charge in [-0.3, -0.25) is 4.79 Å². The number of carbonyl (C=O) groups excluding carboxylic acids is 1. The summed E-state index contributed by atoms with van der Waals surface area (Å²) in [5, 5.41) is 3.15. The highest BCUT2D eigenvalue weighted by atomic mass is 16.2. The third-order valence-electron chi connectivity index (χ3n) is 4.74. The first-order valence-corrected chi connectivity index (χ1v) is 8.81. The van der Waals surface area contributed by atoms with Gasteiger partial charge in [0.25, 0.3) is 0 Å². The quantitative estimate of drug-likeness (QED) is 0.773. The second kappa shape index (κ2) is 6.74. The van der Waals surface area contributed by atoms with Crippen molar-refractivity contribution in [2.24, 2.45) is 0 Å². The van der Waals surface area contributed by atoms with Crippen LogP contribution in [-0.2, 0) is 24.2 Å². The fourth-order valence-electron chi connectivity index (χ4n) is 3.40. The molecule has 1 aliphatic rings. The molecule has 7 heteroatoms. The molecule has 0 saturated heterocycles. The minimum Gasteiger partial charge on any atom is -0.351 e. The number of fused-ring (bicyclic) bond motifs is 2. The Kier molecular flexibility index (Phi) is 4.28. The normalized spacial score (nSPS) is 16.3. The van der Waals surface area contributed by atoms with Crippen LogP contribution in [-0.4, -0.2) is 45.6 Å². The molecule has 1 aliphatic carbocycles. The van der Waals surface area contributed by atoms with Gasteiger partial charge in [0.15, 0.2) is 0 Å². The molecule has 26 heavy (non-hydrogen) atoms. The number of hydrogen-bond acceptors (Lipinski definition) is 5. The second-order valence-corrected chi connectivity index (χ2v) is 6.90. The largest absolute Gasteiger partial charge is 0.351 e. The van der Waals surface area contributed by atoms with Gasteiger partial charge in [0.1, 0.15) is 6.54 Å². The van der Waals surface area contributed by atoms with Crippen LogP contribution in [0.3, 0.4) is 0 Å². The molecule has 0 saturated carbocycles. The average Bonchev–Trinajstić information content (AvgIpc) is 3.04. The summed E-state index contributed by atoms with van der Waals surface area (Å²) in [4.78, 5) is 27.7. The predicted molar refractivity (Wildman–Crippen MR) is 100 cm³/mol. The molecule has 134 valence electrons. The van der Waals surface area contributed by atoms with Crippen molar-refractivity contribution in [2.45, 2.75) is 31.8 Å². The van der Waals surface area contributed by atoms with Gasteiger partial charge in [-0.2, -0.15) is 0 Å². The Morgan fingerprint density at radius 3 is 3.00 bits per heavy atom. The lowest BCUT2D eigenvalue weighted by atomic mass is 9.93. The van der Waals surface area contributed by atoms with E-state index in [2.05, 4.69) is 20.3 Å². The van der Waals surface area contributed by atoms with Crippen molar-refractivity contribution in [3.8, 4) is 0 Å². The zero-order valence-corrected chi connectivity index (χ0v) is 15.0. The number of imidazole rings is 1. The zero-order chi connectivity index (χ0) is 18.1. The molecule has 2 aromatic heterocycles. The van der Waals surface area contributed by atoms with Crippen molar-refractivity contribution in [3.05, 3.63) is 48.0 Å². The van der Waals surface area contributed by atoms with Gasteiger partial charge in [0, 0.05) is 32.0 Å². The van der Waals surface area contributed by atoms with Gasteiger partial charge in [-0.1, -0.05) is 12.1 Å². The molecule has 1 aromatic carbocycles. The lowest BCUT2D eigenvalue weighted by Crippen LogP contribution is -2.40. The molecule has 4 rings (SSSR count). The van der Waals surface area contributed by atoms with Crippen LogP contribution in [0.1, 0.15) is 17.7 Å². The van der Waals surface area contributed by atoms with E-state index in [1.807, 2.05) is 54.0 Å². The highest BCUT2D eigenvalue weighted by Gasteiger charge is 2.22. The number of anilines is 1. The molecule has 0 fully saturated rings. The first-order valence-electron chi connectivity index (χ1n) is 8.81. The van der Waals surface area contributed by atoms with Crippen LogP contribution >= 0.6 is 0 Å². The van der Waals surface area contributed by atoms with Crippen LogP contribution in [0.25, 0.3) is 11.0 Å². The summed E-state index contributed by atoms with van der Waals surface area (Å²) in [6, 6.07) is 7.95. The molecule has 3 aromatic rings. The number of amides is 1. The van der Waals surface area contributed by atoms with Gasteiger partial charge in [0.2, 0.25) is 11.9 Å². The number of rotatable bonds is 4. The molecule has 0 spiro atoms. The highest BCUT2D eigenvalue weighted by Crippen LogP contribution is 2.21. The lowest BCUT2D eigenvalue weighted by molar-refractivity contribution is -0.122. The molecule has 1 atom stereocenters. The number of benzene rings is 1. The average molecular weight is 350 g/mol. The Labute approximate surface area is 152 Å². The maximum atomic E-state index is 12.5. The van der Waals surface area contributed by atoms with Gasteiger partial charge < -0.3 is 14.8 Å². The van der Waals surface area contributed by atoms with E-state index in [1.165, 1.54) is 0 Å². The van der Waals surface area contributed by atoms with E-state index in [0.717, 1.165) is 47.5 Å². The van der Waals surface area contributed by atoms with Crippen LogP contribution in [0, 0.1) is 0 Å². The molecular weight excluding hydrogens is 328 g/mol. The van der Waals surface area contributed by atoms with Gasteiger partial charge >= 0.3 is 0 Å². The molecule has 1 amide bonds. The Morgan fingerprint density at radius 2 is 2.15 bits per heavy atom. The number of aryl methyl sites for hydroxylation is 1. The van der Waals surface area contributed by atoms with E-state index in [0.29, 0.717) is 0 Å². The summed E-state index contributed by atoms with van der Waals surface area (Å²) in [5.41, 5.74) is 4.09. The fraction of sp³-hybridized carbons (Fsp3) is 0.368. The van der Waals surface area contributed by atoms with E-state index in [9.17, 15) is 4.79 Å². The summed E-state index contributed by atoms with van der Waals surface area (Å²) in [7, 11) is 3.88. The summed E-state index contributed by atoms with van der Waals surface area (Å²) < 4.78 is 1.88. The minimum atomic E-state index is 0.00688. The predicted octanol–water partition coefficient (Wildman–Crippen LogP) is 1.57. The van der Waals surface area contributed by atoms with Gasteiger partial charge in [-0.25, -0.2) is 15.0 Å². The Morgan fingerprint density at radius 1 is 1.31 bits per heavy atom. The molecule has 7 nitrogen and oxygen atoms in total. The molecule has 1 N–H and O–H groups in total. The minimum absolute atomic E-state index is 0.00688. The molecule has 0 radical (unpaired) electrons. The fourth-order valence-corrected chi connectivity index (χ4v) is 3.40. The maximum Gasteiger partial charge on any atom is 0.240 e. The van der Waals surface area contributed by atoms with Crippen molar-refractivity contribution >= 4 is 22.9 Å². The van der Waals surface area contributed by atoms with Crippen molar-refractivity contribution in [3.63, 3.8) is 0 Å². The first kappa shape index (κ1) is 16.5. The Bertz CT molecular complexity index is 948. The Hall–Kier alpha value is -2.96. The second-order valence-electron chi connectivity index (χ2n) is 6.90. The van der Waals surface area contributed by atoms with E-state index in [1.54, 1.807) is 6.33 Å². The monoisotopic (exact) mass is 350 g/mol. The van der Waals surface area contributed by atoms with Crippen molar-refractivity contribution < 1.29 is 4.79 Å². The van der Waals surface area contributed by atoms with Gasteiger partial charge in [-0.15, -0.1) is 0 Å². The van der Waals surface area contributed by atoms with Crippen LogP contribution in [0.2, 0.25) is 0 Å². The smallest absolute Gasteiger partial charge is 0.240 e. The maximum absolute atomic E-state index is 12.5. The van der Waals surface area contributed by atoms with E-state index in [4.69, 9.17) is 0 Å². The third kappa shape index (κ3) is 3.24. The third-order valence-corrected chi connectivity index (χ3v) is 4.74. The van der Waals surface area contributed by atoms with Crippen LogP contribution in [0.15, 0.2) is 36.8 Å². The lowest BCUT2D eigenvalue weighted by Gasteiger charge is -2.25. The number of hydrogen-bond donors (Lipinski definition) is 1. The standard InChI is InChI=1S/C19H22N6O/c1-24(2)19-20-10-13-9-14(7-8-15(13)23-19)22-18(26)11-25-12-21-16-5-3-4-6-17(16)25/h3-6,10,12,14H,7-9,11H2,1-2H3,(H,22,26). The van der Waals surface area contributed by atoms with Gasteiger partial charge in [0.05, 0.1) is 17.4 Å². The summed E-state index contributed by atoms with van der Waals surface area (Å²) >= 11 is 0. The Balaban J connectivity index is 1.41.